The molecule has 2 aliphatic rings. The van der Waals surface area contributed by atoms with Crippen LogP contribution in [0.3, 0.4) is 0 Å². The standard InChI is InChI=1S/C9H17N3O/c1-9-6-12(2)4-3-7(9)5-10-8(13)11-9/h7H,3-6H2,1-2H3,(H2,10,11,13). The Kier molecular flexibility index (Phi) is 1.95. The van der Waals surface area contributed by atoms with Crippen molar-refractivity contribution in [3.8, 4) is 0 Å². The molecule has 2 saturated heterocycles. The first-order valence-electron chi connectivity index (χ1n) is 4.85. The number of hydrogen-bond donors (Lipinski definition) is 2. The summed E-state index contributed by atoms with van der Waals surface area (Å²) in [7, 11) is 2.11. The van der Waals surface area contributed by atoms with Crippen LogP contribution in [0.5, 0.6) is 0 Å². The first-order valence-corrected chi connectivity index (χ1v) is 4.85. The molecule has 2 heterocycles. The molecule has 0 bridgehead atoms. The molecule has 0 saturated carbocycles. The molecule has 2 aliphatic heterocycles. The molecule has 2 atom stereocenters. The molecule has 4 heteroatoms. The summed E-state index contributed by atoms with van der Waals surface area (Å²) in [4.78, 5) is 13.5. The van der Waals surface area contributed by atoms with Crippen LogP contribution in [0.4, 0.5) is 4.79 Å². The van der Waals surface area contributed by atoms with E-state index in [9.17, 15) is 4.79 Å². The third-order valence-electron chi connectivity index (χ3n) is 3.27. The summed E-state index contributed by atoms with van der Waals surface area (Å²) < 4.78 is 0. The van der Waals surface area contributed by atoms with Gasteiger partial charge >= 0.3 is 6.03 Å². The molecular weight excluding hydrogens is 166 g/mol. The molecule has 4 nitrogen and oxygen atoms in total. The maximum absolute atomic E-state index is 11.2. The molecule has 0 aromatic rings. The van der Waals surface area contributed by atoms with Crippen molar-refractivity contribution in [3.63, 3.8) is 0 Å². The highest BCUT2D eigenvalue weighted by atomic mass is 16.2. The largest absolute Gasteiger partial charge is 0.338 e. The van der Waals surface area contributed by atoms with Crippen LogP contribution in [-0.4, -0.2) is 43.2 Å². The van der Waals surface area contributed by atoms with Crippen LogP contribution in [-0.2, 0) is 0 Å². The molecule has 2 N–H and O–H groups in total. The van der Waals surface area contributed by atoms with Crippen molar-refractivity contribution in [2.45, 2.75) is 18.9 Å². The van der Waals surface area contributed by atoms with Crippen molar-refractivity contribution in [3.05, 3.63) is 0 Å². The second-order valence-corrected chi connectivity index (χ2v) is 4.48. The number of likely N-dealkylation sites (tertiary alicyclic amines) is 1. The molecular formula is C9H17N3O. The van der Waals surface area contributed by atoms with E-state index in [1.807, 2.05) is 0 Å². The monoisotopic (exact) mass is 183 g/mol. The molecule has 0 spiro atoms. The van der Waals surface area contributed by atoms with Crippen molar-refractivity contribution in [2.24, 2.45) is 5.92 Å². The highest BCUT2D eigenvalue weighted by Gasteiger charge is 2.42. The first-order chi connectivity index (χ1) is 6.10. The Balaban J connectivity index is 2.13. The fraction of sp³-hybridized carbons (Fsp3) is 0.889. The van der Waals surface area contributed by atoms with Gasteiger partial charge in [0.1, 0.15) is 0 Å². The predicted octanol–water partition coefficient (Wildman–Crippen LogP) is 0.00960. The van der Waals surface area contributed by atoms with E-state index in [1.54, 1.807) is 0 Å². The van der Waals surface area contributed by atoms with E-state index in [0.29, 0.717) is 5.92 Å². The fourth-order valence-electron chi connectivity index (χ4n) is 2.45. The highest BCUT2D eigenvalue weighted by Crippen LogP contribution is 2.28. The first kappa shape index (κ1) is 8.81. The number of nitrogens with one attached hydrogen (secondary N) is 2. The minimum Gasteiger partial charge on any atom is -0.338 e. The van der Waals surface area contributed by atoms with Gasteiger partial charge in [0, 0.05) is 19.0 Å². The SMILES string of the molecule is CN1CCC2CNC(=O)NC2(C)C1. The van der Waals surface area contributed by atoms with Crippen LogP contribution in [0.1, 0.15) is 13.3 Å². The molecule has 0 aliphatic carbocycles. The molecule has 0 radical (unpaired) electrons. The number of piperidine rings is 1. The van der Waals surface area contributed by atoms with E-state index >= 15 is 0 Å². The van der Waals surface area contributed by atoms with Crippen LogP contribution in [0.15, 0.2) is 0 Å². The Morgan fingerprint density at radius 3 is 3.15 bits per heavy atom. The van der Waals surface area contributed by atoms with Crippen LogP contribution >= 0.6 is 0 Å². The van der Waals surface area contributed by atoms with E-state index < -0.39 is 0 Å². The summed E-state index contributed by atoms with van der Waals surface area (Å²) in [5, 5.41) is 5.89. The summed E-state index contributed by atoms with van der Waals surface area (Å²) in [5.41, 5.74) is -0.0185. The number of carbonyl (C=O) groups is 1. The van der Waals surface area contributed by atoms with Gasteiger partial charge in [-0.1, -0.05) is 0 Å². The topological polar surface area (TPSA) is 44.4 Å². The van der Waals surface area contributed by atoms with Gasteiger partial charge in [0.2, 0.25) is 0 Å². The Hall–Kier alpha value is -0.770. The van der Waals surface area contributed by atoms with E-state index in [-0.39, 0.29) is 11.6 Å². The zero-order valence-electron chi connectivity index (χ0n) is 8.26. The number of rotatable bonds is 0. The van der Waals surface area contributed by atoms with Crippen molar-refractivity contribution >= 4 is 6.03 Å². The third-order valence-corrected chi connectivity index (χ3v) is 3.27. The summed E-state index contributed by atoms with van der Waals surface area (Å²) in [5.74, 6) is 0.585. The lowest BCUT2D eigenvalue weighted by atomic mass is 9.78. The highest BCUT2D eigenvalue weighted by molar-refractivity contribution is 5.75. The normalized spacial score (nSPS) is 40.5. The molecule has 13 heavy (non-hydrogen) atoms. The Morgan fingerprint density at radius 2 is 2.38 bits per heavy atom. The molecule has 0 aromatic carbocycles. The molecule has 2 unspecified atom stereocenters. The lowest BCUT2D eigenvalue weighted by Gasteiger charge is -2.48. The van der Waals surface area contributed by atoms with E-state index in [0.717, 1.165) is 19.6 Å². The number of hydrogen-bond acceptors (Lipinski definition) is 2. The van der Waals surface area contributed by atoms with E-state index in [2.05, 4.69) is 29.5 Å². The molecule has 2 fully saturated rings. The lowest BCUT2D eigenvalue weighted by molar-refractivity contribution is 0.0844. The number of fused-ring (bicyclic) bond motifs is 1. The zero-order chi connectivity index (χ0) is 9.47. The van der Waals surface area contributed by atoms with Crippen molar-refractivity contribution < 1.29 is 4.79 Å². The van der Waals surface area contributed by atoms with Gasteiger partial charge in [-0.3, -0.25) is 0 Å². The van der Waals surface area contributed by atoms with Gasteiger partial charge < -0.3 is 15.5 Å². The Bertz CT molecular complexity index is 231. The second kappa shape index (κ2) is 2.87. The van der Waals surface area contributed by atoms with Crippen molar-refractivity contribution in [1.82, 2.24) is 15.5 Å². The second-order valence-electron chi connectivity index (χ2n) is 4.48. The summed E-state index contributed by atoms with van der Waals surface area (Å²) in [6, 6.07) is -0.0194. The van der Waals surface area contributed by atoms with Gasteiger partial charge in [-0.25, -0.2) is 4.79 Å². The van der Waals surface area contributed by atoms with Crippen LogP contribution in [0.2, 0.25) is 0 Å². The number of likely N-dealkylation sites (N-methyl/N-ethyl adjacent to an activating group) is 1. The molecule has 2 amide bonds. The summed E-state index contributed by atoms with van der Waals surface area (Å²) in [6.07, 6.45) is 1.17. The van der Waals surface area contributed by atoms with E-state index in [1.165, 1.54) is 6.42 Å². The number of urea groups is 1. The van der Waals surface area contributed by atoms with Gasteiger partial charge in [-0.2, -0.15) is 0 Å². The van der Waals surface area contributed by atoms with Crippen LogP contribution in [0.25, 0.3) is 0 Å². The van der Waals surface area contributed by atoms with Crippen molar-refractivity contribution in [2.75, 3.05) is 26.7 Å². The van der Waals surface area contributed by atoms with E-state index in [4.69, 9.17) is 0 Å². The van der Waals surface area contributed by atoms with Crippen molar-refractivity contribution in [1.29, 1.82) is 0 Å². The number of nitrogens with zero attached hydrogens (tertiary/aromatic N) is 1. The third kappa shape index (κ3) is 1.50. The minimum atomic E-state index is -0.0194. The summed E-state index contributed by atoms with van der Waals surface area (Å²) >= 11 is 0. The molecule has 2 rings (SSSR count). The number of carbonyl (C=O) groups excluding carboxylic acids is 1. The summed E-state index contributed by atoms with van der Waals surface area (Å²) in [6.45, 7) is 5.07. The lowest BCUT2D eigenvalue weighted by Crippen LogP contribution is -2.68. The Morgan fingerprint density at radius 1 is 1.62 bits per heavy atom. The fourth-order valence-corrected chi connectivity index (χ4v) is 2.45. The van der Waals surface area contributed by atoms with Gasteiger partial charge in [0.05, 0.1) is 5.54 Å². The van der Waals surface area contributed by atoms with Crippen LogP contribution < -0.4 is 10.6 Å². The van der Waals surface area contributed by atoms with Gasteiger partial charge in [-0.05, 0) is 26.9 Å². The Labute approximate surface area is 78.7 Å². The minimum absolute atomic E-state index is 0.0185. The zero-order valence-corrected chi connectivity index (χ0v) is 8.26. The van der Waals surface area contributed by atoms with Crippen LogP contribution in [0, 0.1) is 5.92 Å². The number of amides is 2. The quantitative estimate of drug-likeness (QED) is 0.555. The maximum Gasteiger partial charge on any atom is 0.315 e. The smallest absolute Gasteiger partial charge is 0.315 e. The average Bonchev–Trinajstić information content (AvgIpc) is 2.01. The van der Waals surface area contributed by atoms with Gasteiger partial charge in [0.25, 0.3) is 0 Å². The molecule has 0 aromatic heterocycles. The van der Waals surface area contributed by atoms with Gasteiger partial charge in [0.15, 0.2) is 0 Å². The predicted molar refractivity (Wildman–Crippen MR) is 50.5 cm³/mol. The average molecular weight is 183 g/mol. The molecule has 74 valence electrons. The maximum atomic E-state index is 11.2. The van der Waals surface area contributed by atoms with Gasteiger partial charge in [-0.15, -0.1) is 0 Å².